The molecule has 0 aromatic heterocycles. The zero-order valence-electron chi connectivity index (χ0n) is 7.56. The first-order valence-electron chi connectivity index (χ1n) is 4.33. The Morgan fingerprint density at radius 3 is 2.71 bits per heavy atom. The summed E-state index contributed by atoms with van der Waals surface area (Å²) < 4.78 is 42.2. The SMILES string of the molecule is C[C@@H]1Cc2cc(C(F)(F)F)ccc2O1. The van der Waals surface area contributed by atoms with Gasteiger partial charge in [-0.1, -0.05) is 0 Å². The van der Waals surface area contributed by atoms with Crippen LogP contribution in [0.5, 0.6) is 5.75 Å². The molecule has 0 radical (unpaired) electrons. The Balaban J connectivity index is 2.38. The van der Waals surface area contributed by atoms with Gasteiger partial charge < -0.3 is 4.74 Å². The van der Waals surface area contributed by atoms with Gasteiger partial charge in [0.25, 0.3) is 0 Å². The van der Waals surface area contributed by atoms with Gasteiger partial charge in [0.1, 0.15) is 11.9 Å². The van der Waals surface area contributed by atoms with Gasteiger partial charge >= 0.3 is 6.18 Å². The molecule has 1 atom stereocenters. The molecule has 0 N–H and O–H groups in total. The molecule has 0 saturated heterocycles. The van der Waals surface area contributed by atoms with Gasteiger partial charge in [0, 0.05) is 6.42 Å². The van der Waals surface area contributed by atoms with Gasteiger partial charge in [0.2, 0.25) is 0 Å². The Hall–Kier alpha value is -1.19. The zero-order chi connectivity index (χ0) is 10.3. The maximum Gasteiger partial charge on any atom is 0.416 e. The van der Waals surface area contributed by atoms with Crippen LogP contribution in [0.25, 0.3) is 0 Å². The van der Waals surface area contributed by atoms with E-state index in [0.717, 1.165) is 6.07 Å². The van der Waals surface area contributed by atoms with Gasteiger partial charge in [0.15, 0.2) is 0 Å². The van der Waals surface area contributed by atoms with E-state index in [2.05, 4.69) is 0 Å². The maximum atomic E-state index is 12.3. The average molecular weight is 202 g/mol. The molecule has 0 fully saturated rings. The topological polar surface area (TPSA) is 9.23 Å². The van der Waals surface area contributed by atoms with E-state index < -0.39 is 11.7 Å². The first-order valence-corrected chi connectivity index (χ1v) is 4.33. The van der Waals surface area contributed by atoms with Crippen molar-refractivity contribution in [2.24, 2.45) is 0 Å². The fraction of sp³-hybridized carbons (Fsp3) is 0.400. The van der Waals surface area contributed by atoms with Crippen LogP contribution >= 0.6 is 0 Å². The molecule has 0 spiro atoms. The molecule has 0 unspecified atom stereocenters. The summed E-state index contributed by atoms with van der Waals surface area (Å²) in [4.78, 5) is 0. The summed E-state index contributed by atoms with van der Waals surface area (Å²) in [6.07, 6.45) is -3.73. The van der Waals surface area contributed by atoms with Crippen molar-refractivity contribution < 1.29 is 17.9 Å². The lowest BCUT2D eigenvalue weighted by Gasteiger charge is -2.07. The van der Waals surface area contributed by atoms with Gasteiger partial charge in [-0.15, -0.1) is 0 Å². The summed E-state index contributed by atoms with van der Waals surface area (Å²) in [5.41, 5.74) is 0.0428. The Labute approximate surface area is 79.5 Å². The molecule has 0 amide bonds. The normalized spacial score (nSPS) is 20.4. The number of rotatable bonds is 0. The molecule has 4 heteroatoms. The third-order valence-electron chi connectivity index (χ3n) is 2.22. The molecule has 1 aromatic carbocycles. The summed E-state index contributed by atoms with van der Waals surface area (Å²) in [5, 5.41) is 0. The van der Waals surface area contributed by atoms with E-state index in [1.54, 1.807) is 0 Å². The molecule has 0 aliphatic carbocycles. The van der Waals surface area contributed by atoms with Crippen LogP contribution in [0.3, 0.4) is 0 Å². The number of hydrogen-bond donors (Lipinski definition) is 0. The number of fused-ring (bicyclic) bond motifs is 1. The van der Waals surface area contributed by atoms with Crippen molar-refractivity contribution in [3.8, 4) is 5.75 Å². The first-order chi connectivity index (χ1) is 6.47. The van der Waals surface area contributed by atoms with E-state index in [1.165, 1.54) is 12.1 Å². The highest BCUT2D eigenvalue weighted by molar-refractivity contribution is 5.41. The lowest BCUT2D eigenvalue weighted by molar-refractivity contribution is -0.137. The third-order valence-corrected chi connectivity index (χ3v) is 2.22. The van der Waals surface area contributed by atoms with Crippen LogP contribution < -0.4 is 4.74 Å². The number of hydrogen-bond acceptors (Lipinski definition) is 1. The Kier molecular flexibility index (Phi) is 1.94. The van der Waals surface area contributed by atoms with E-state index in [1.807, 2.05) is 6.92 Å². The molecule has 76 valence electrons. The van der Waals surface area contributed by atoms with Crippen molar-refractivity contribution in [1.29, 1.82) is 0 Å². The number of halogens is 3. The second-order valence-corrected chi connectivity index (χ2v) is 3.45. The summed E-state index contributed by atoms with van der Waals surface area (Å²) in [7, 11) is 0. The molecule has 14 heavy (non-hydrogen) atoms. The van der Waals surface area contributed by atoms with E-state index in [9.17, 15) is 13.2 Å². The lowest BCUT2D eigenvalue weighted by atomic mass is 10.1. The van der Waals surface area contributed by atoms with Crippen molar-refractivity contribution >= 4 is 0 Å². The molecular weight excluding hydrogens is 193 g/mol. The molecule has 0 bridgehead atoms. The van der Waals surface area contributed by atoms with Gasteiger partial charge in [-0.2, -0.15) is 13.2 Å². The van der Waals surface area contributed by atoms with Gasteiger partial charge in [-0.25, -0.2) is 0 Å². The van der Waals surface area contributed by atoms with Crippen molar-refractivity contribution in [2.75, 3.05) is 0 Å². The predicted molar refractivity (Wildman–Crippen MR) is 45.2 cm³/mol. The van der Waals surface area contributed by atoms with Crippen LogP contribution in [0.15, 0.2) is 18.2 Å². The monoisotopic (exact) mass is 202 g/mol. The molecule has 1 nitrogen and oxygen atoms in total. The van der Waals surface area contributed by atoms with Crippen LogP contribution in [0.2, 0.25) is 0 Å². The standard InChI is InChI=1S/C10H9F3O/c1-6-4-7-5-8(10(11,12)13)2-3-9(7)14-6/h2-3,5-6H,4H2,1H3/t6-/m1/s1. The predicted octanol–water partition coefficient (Wildman–Crippen LogP) is 3.03. The summed E-state index contributed by atoms with van der Waals surface area (Å²) in [6.45, 7) is 1.84. The Morgan fingerprint density at radius 1 is 1.36 bits per heavy atom. The maximum absolute atomic E-state index is 12.3. The fourth-order valence-corrected chi connectivity index (χ4v) is 1.60. The largest absolute Gasteiger partial charge is 0.490 e. The van der Waals surface area contributed by atoms with Crippen LogP contribution in [0.1, 0.15) is 18.1 Å². The van der Waals surface area contributed by atoms with Crippen molar-refractivity contribution in [3.05, 3.63) is 29.3 Å². The smallest absolute Gasteiger partial charge is 0.416 e. The van der Waals surface area contributed by atoms with Gasteiger partial charge in [0.05, 0.1) is 5.56 Å². The van der Waals surface area contributed by atoms with Crippen molar-refractivity contribution in [3.63, 3.8) is 0 Å². The quantitative estimate of drug-likeness (QED) is 0.628. The highest BCUT2D eigenvalue weighted by atomic mass is 19.4. The minimum absolute atomic E-state index is 0.0199. The zero-order valence-corrected chi connectivity index (χ0v) is 7.56. The highest BCUT2D eigenvalue weighted by Crippen LogP contribution is 2.35. The van der Waals surface area contributed by atoms with Crippen LogP contribution in [-0.4, -0.2) is 6.10 Å². The second-order valence-electron chi connectivity index (χ2n) is 3.45. The van der Waals surface area contributed by atoms with E-state index in [-0.39, 0.29) is 6.10 Å². The molecule has 1 aliphatic rings. The molecule has 1 aromatic rings. The van der Waals surface area contributed by atoms with Crippen LogP contribution in [-0.2, 0) is 12.6 Å². The second kappa shape index (κ2) is 2.90. The molecule has 0 saturated carbocycles. The minimum Gasteiger partial charge on any atom is -0.490 e. The van der Waals surface area contributed by atoms with E-state index >= 15 is 0 Å². The Bertz CT molecular complexity index is 357. The molecule has 1 aliphatic heterocycles. The van der Waals surface area contributed by atoms with Crippen LogP contribution in [0, 0.1) is 0 Å². The van der Waals surface area contributed by atoms with E-state index in [4.69, 9.17) is 4.74 Å². The number of ether oxygens (including phenoxy) is 1. The summed E-state index contributed by atoms with van der Waals surface area (Å²) in [5.74, 6) is 0.575. The van der Waals surface area contributed by atoms with E-state index in [0.29, 0.717) is 17.7 Å². The highest BCUT2D eigenvalue weighted by Gasteiger charge is 2.32. The third kappa shape index (κ3) is 1.56. The summed E-state index contributed by atoms with van der Waals surface area (Å²) in [6, 6.07) is 3.61. The van der Waals surface area contributed by atoms with Gasteiger partial charge in [-0.3, -0.25) is 0 Å². The molecule has 2 rings (SSSR count). The molecular formula is C10H9F3O. The Morgan fingerprint density at radius 2 is 2.07 bits per heavy atom. The van der Waals surface area contributed by atoms with Crippen molar-refractivity contribution in [1.82, 2.24) is 0 Å². The fourth-order valence-electron chi connectivity index (χ4n) is 1.60. The van der Waals surface area contributed by atoms with Gasteiger partial charge in [-0.05, 0) is 30.7 Å². The number of benzene rings is 1. The lowest BCUT2D eigenvalue weighted by Crippen LogP contribution is -2.05. The minimum atomic E-state index is -4.26. The first kappa shape index (κ1) is 9.37. The summed E-state index contributed by atoms with van der Waals surface area (Å²) >= 11 is 0. The average Bonchev–Trinajstić information content (AvgIpc) is 2.41. The number of alkyl halides is 3. The van der Waals surface area contributed by atoms with Crippen LogP contribution in [0.4, 0.5) is 13.2 Å². The van der Waals surface area contributed by atoms with Crippen molar-refractivity contribution in [2.45, 2.75) is 25.6 Å². The molecule has 1 heterocycles.